The van der Waals surface area contributed by atoms with E-state index in [2.05, 4.69) is 97.9 Å². The molecule has 0 radical (unpaired) electrons. The lowest BCUT2D eigenvalue weighted by Gasteiger charge is -2.38. The second-order valence-electron chi connectivity index (χ2n) is 38.3. The molecule has 134 heavy (non-hydrogen) atoms. The van der Waals surface area contributed by atoms with Crippen LogP contribution in [0.3, 0.4) is 0 Å². The maximum absolute atomic E-state index is 13.2. The highest BCUT2D eigenvalue weighted by Gasteiger charge is 2.39. The molecule has 0 bridgehead atoms. The largest absolute Gasteiger partial charge is 0.494 e. The Hall–Kier alpha value is -7.79. The number of benzene rings is 5. The van der Waals surface area contributed by atoms with Gasteiger partial charge in [-0.15, -0.1) is 0 Å². The van der Waals surface area contributed by atoms with Crippen molar-refractivity contribution in [2.75, 3.05) is 236 Å². The fourth-order valence-electron chi connectivity index (χ4n) is 19.4. The molecule has 0 aliphatic carbocycles. The van der Waals surface area contributed by atoms with Gasteiger partial charge in [0, 0.05) is 181 Å². The lowest BCUT2D eigenvalue weighted by molar-refractivity contribution is -0.124. The maximum atomic E-state index is 13.2. The van der Waals surface area contributed by atoms with E-state index in [1.54, 1.807) is 24.3 Å². The topological polar surface area (TPSA) is 249 Å². The molecular weight excluding hydrogens is 1730 g/mol. The first kappa shape index (κ1) is 107. The van der Waals surface area contributed by atoms with Gasteiger partial charge in [0.25, 0.3) is 5.92 Å². The third-order valence-corrected chi connectivity index (χ3v) is 29.2. The number of likely N-dealkylation sites (tertiary alicyclic amines) is 6. The molecule has 30 heteroatoms. The predicted molar refractivity (Wildman–Crippen MR) is 522 cm³/mol. The fourth-order valence-corrected chi connectivity index (χ4v) is 20.2. The van der Waals surface area contributed by atoms with Crippen LogP contribution in [0.1, 0.15) is 209 Å². The molecule has 10 fully saturated rings. The minimum absolute atomic E-state index is 0.0454. The van der Waals surface area contributed by atoms with E-state index in [1.807, 2.05) is 97.1 Å². The standard InChI is InChI=1S/C23H36N2O2.C22H34N2O2.C20H28F2N2O2.C20H31N3O5S.C19H27N3O4/c1-18-9-5-14-24(18)15-6-16-27-22-12-10-21(11-13-22)23(26)17-25-19(2)7-4-8-20(25)3;1-17-6-4-13-23(17)14-5-15-26-21-11-9-20(10-12-21)22(25)16-24-18(2)7-8-19(24)3;1-16-4-2-10-24(16)11-3-13-26-18-7-5-17(6-8-18)19(25)14-23-12-9-20(21,22)15-23;1-29(25,26)23-10-8-21(9-11-23)7-2-14-28-19-5-3-18(4-6-19)20(24)17-22-12-15-27-16-13-22;23-18(14-22-9-12-25-13-10-22)16-2-4-17(5-3-16)26-11-1-7-21-8-6-20-19(24)15-21/h10-13,18-20H,4-9,14-17H2,1-3H3;9-12,17-19H,4-8,13-16H2,1-3H3;5-8,16H,2-4,9-15H2,1H3;3-6H,2,7-17H2,1H3;2-5H,1,6-15H2,(H,20,24)/t18-,19?,20?;17-,18?,19?;16-;;/m111../s1. The lowest BCUT2D eigenvalue weighted by atomic mass is 9.96. The van der Waals surface area contributed by atoms with E-state index in [0.29, 0.717) is 139 Å². The lowest BCUT2D eigenvalue weighted by Crippen LogP contribution is -2.48. The Morgan fingerprint density at radius 1 is 0.358 bits per heavy atom. The summed E-state index contributed by atoms with van der Waals surface area (Å²) < 4.78 is 90.6. The SMILES string of the molecule is CC1CCC(C)N1CC(=O)c1ccc(OCCCN2CCC[C@H]2C)cc1.CC1CCCC(C)N1CC(=O)c1ccc(OCCCN2CCC[C@H]2C)cc1.CS(=O)(=O)N1CCN(CCCOc2ccc(C(=O)CN3CCOCC3)cc2)CC1.C[C@@H]1CCCN1CCCOc1ccc(C(=O)CN2CCC(F)(F)C2)cc1.O=C1CN(CCCOc2ccc(C(=O)CN3CCOCC3)cc2)CCN1. The third kappa shape index (κ3) is 36.5. The summed E-state index contributed by atoms with van der Waals surface area (Å²) in [5.41, 5.74) is 3.53. The first-order chi connectivity index (χ1) is 64.6. The number of carbonyl (C=O) groups is 6. The number of alkyl halides is 2. The summed E-state index contributed by atoms with van der Waals surface area (Å²) >= 11 is 0. The summed E-state index contributed by atoms with van der Waals surface area (Å²) in [6, 6.07) is 41.2. The van der Waals surface area contributed by atoms with Crippen LogP contribution in [-0.2, 0) is 24.3 Å². The van der Waals surface area contributed by atoms with E-state index in [9.17, 15) is 46.0 Å². The zero-order valence-electron chi connectivity index (χ0n) is 81.6. The van der Waals surface area contributed by atoms with Gasteiger partial charge >= 0.3 is 0 Å². The quantitative estimate of drug-likeness (QED) is 0.0282. The minimum Gasteiger partial charge on any atom is -0.494 e. The van der Waals surface area contributed by atoms with Crippen LogP contribution in [0.2, 0.25) is 0 Å². The molecule has 4 unspecified atom stereocenters. The third-order valence-electron chi connectivity index (χ3n) is 27.9. The number of carbonyl (C=O) groups excluding carboxylic acids is 6. The van der Waals surface area contributed by atoms with Crippen molar-refractivity contribution in [1.82, 2.24) is 58.6 Å². The molecular formula is C104H156F2N12O15S. The van der Waals surface area contributed by atoms with Gasteiger partial charge in [-0.1, -0.05) is 6.42 Å². The molecule has 5 aromatic carbocycles. The van der Waals surface area contributed by atoms with Crippen LogP contribution in [0.15, 0.2) is 121 Å². The molecule has 0 saturated carbocycles. The molecule has 10 heterocycles. The van der Waals surface area contributed by atoms with Crippen LogP contribution in [0, 0.1) is 0 Å². The number of nitrogens with zero attached hydrogens (tertiary/aromatic N) is 11. The van der Waals surface area contributed by atoms with Gasteiger partial charge in [0.05, 0.1) is 112 Å². The maximum Gasteiger partial charge on any atom is 0.261 e. The Kier molecular flexibility index (Phi) is 44.3. The zero-order valence-corrected chi connectivity index (χ0v) is 82.4. The number of amides is 1. The summed E-state index contributed by atoms with van der Waals surface area (Å²) in [4.78, 5) is 95.9. The van der Waals surface area contributed by atoms with Crippen molar-refractivity contribution in [1.29, 1.82) is 0 Å². The van der Waals surface area contributed by atoms with E-state index in [4.69, 9.17) is 33.2 Å². The van der Waals surface area contributed by atoms with Crippen LogP contribution in [0.25, 0.3) is 0 Å². The van der Waals surface area contributed by atoms with E-state index >= 15 is 0 Å². The summed E-state index contributed by atoms with van der Waals surface area (Å²) in [5.74, 6) is 1.96. The first-order valence-electron chi connectivity index (χ1n) is 50.0. The Morgan fingerprint density at radius 3 is 0.970 bits per heavy atom. The van der Waals surface area contributed by atoms with E-state index in [1.165, 1.54) is 106 Å². The molecule has 0 aromatic heterocycles. The molecule has 27 nitrogen and oxygen atoms in total. The van der Waals surface area contributed by atoms with E-state index < -0.39 is 15.9 Å². The first-order valence-corrected chi connectivity index (χ1v) is 51.9. The molecule has 10 aliphatic heterocycles. The van der Waals surface area contributed by atoms with Crippen molar-refractivity contribution in [3.05, 3.63) is 149 Å². The second-order valence-corrected chi connectivity index (χ2v) is 40.3. The number of piperazine rings is 2. The van der Waals surface area contributed by atoms with Gasteiger partial charge in [0.1, 0.15) is 28.7 Å². The minimum atomic E-state index is -3.08. The van der Waals surface area contributed by atoms with Crippen LogP contribution < -0.4 is 29.0 Å². The Labute approximate surface area is 797 Å². The van der Waals surface area contributed by atoms with Crippen LogP contribution in [0.4, 0.5) is 8.78 Å². The number of halogens is 2. The van der Waals surface area contributed by atoms with Gasteiger partial charge in [-0.05, 0) is 286 Å². The number of sulfonamides is 1. The average molecular weight is 1880 g/mol. The summed E-state index contributed by atoms with van der Waals surface area (Å²) in [6.07, 6.45) is 19.8. The monoisotopic (exact) mass is 1880 g/mol. The van der Waals surface area contributed by atoms with Gasteiger partial charge < -0.3 is 58.1 Å². The predicted octanol–water partition coefficient (Wildman–Crippen LogP) is 12.8. The number of morpholine rings is 2. The van der Waals surface area contributed by atoms with Crippen molar-refractivity contribution in [2.24, 2.45) is 0 Å². The Balaban J connectivity index is 0.000000161. The van der Waals surface area contributed by atoms with Crippen LogP contribution >= 0.6 is 0 Å². The number of hydrogen-bond acceptors (Lipinski definition) is 25. The number of Topliss-reactive ketones (excluding diaryl/α,β-unsaturated/α-hetero) is 5. The molecule has 15 rings (SSSR count). The Morgan fingerprint density at radius 2 is 0.664 bits per heavy atom. The van der Waals surface area contributed by atoms with Crippen molar-refractivity contribution in [2.45, 2.75) is 206 Å². The van der Waals surface area contributed by atoms with Crippen molar-refractivity contribution >= 4 is 44.8 Å². The number of piperidine rings is 1. The van der Waals surface area contributed by atoms with Gasteiger partial charge in [-0.2, -0.15) is 4.31 Å². The zero-order chi connectivity index (χ0) is 95.2. The summed E-state index contributed by atoms with van der Waals surface area (Å²) in [6.45, 7) is 40.4. The second kappa shape index (κ2) is 55.7. The Bertz CT molecular complexity index is 4430. The smallest absolute Gasteiger partial charge is 0.261 e. The molecule has 10 saturated heterocycles. The number of ketones is 5. The number of rotatable bonds is 41. The van der Waals surface area contributed by atoms with Crippen LogP contribution in [0.5, 0.6) is 28.7 Å². The van der Waals surface area contributed by atoms with Crippen molar-refractivity contribution in [3.63, 3.8) is 0 Å². The molecule has 5 aromatic rings. The molecule has 1 amide bonds. The van der Waals surface area contributed by atoms with Gasteiger partial charge in [-0.25, -0.2) is 17.2 Å². The van der Waals surface area contributed by atoms with Gasteiger partial charge in [0.15, 0.2) is 28.9 Å². The van der Waals surface area contributed by atoms with E-state index in [0.717, 1.165) is 182 Å². The summed E-state index contributed by atoms with van der Waals surface area (Å²) in [5, 5.41) is 2.82. The number of nitrogens with one attached hydrogen (secondary N) is 1. The number of ether oxygens (including phenoxy) is 7. The van der Waals surface area contributed by atoms with Crippen molar-refractivity contribution in [3.8, 4) is 28.7 Å². The fraction of sp³-hybridized carbons (Fsp3) is 0.654. The molecule has 7 atom stereocenters. The molecule has 0 spiro atoms. The molecule has 10 aliphatic rings. The molecule has 1 N–H and O–H groups in total. The summed E-state index contributed by atoms with van der Waals surface area (Å²) in [7, 11) is -3.08. The normalized spacial score (nSPS) is 23.3. The van der Waals surface area contributed by atoms with Gasteiger partial charge in [0.2, 0.25) is 15.9 Å². The number of hydrogen-bond donors (Lipinski definition) is 1. The van der Waals surface area contributed by atoms with Crippen LogP contribution in [-0.4, -0.2) is 381 Å². The highest BCUT2D eigenvalue weighted by molar-refractivity contribution is 7.88. The molecule has 742 valence electrons. The average Bonchev–Trinajstić information content (AvgIpc) is 1.72. The van der Waals surface area contributed by atoms with E-state index in [-0.39, 0.29) is 60.9 Å². The highest BCUT2D eigenvalue weighted by atomic mass is 32.2. The van der Waals surface area contributed by atoms with Crippen molar-refractivity contribution < 1.29 is 79.1 Å². The highest BCUT2D eigenvalue weighted by Crippen LogP contribution is 2.30. The van der Waals surface area contributed by atoms with Gasteiger partial charge in [-0.3, -0.25) is 58.2 Å².